The van der Waals surface area contributed by atoms with E-state index in [1.54, 1.807) is 0 Å². The first-order chi connectivity index (χ1) is 8.61. The Morgan fingerprint density at radius 3 is 2.56 bits per heavy atom. The van der Waals surface area contributed by atoms with Crippen molar-refractivity contribution < 1.29 is 0 Å². The molecule has 0 unspecified atom stereocenters. The number of hydrogen-bond acceptors (Lipinski definition) is 1. The highest BCUT2D eigenvalue weighted by atomic mass is 35.5. The molecule has 2 rings (SSSR count). The maximum atomic E-state index is 8.97. The minimum Gasteiger partial charge on any atom is -0.192 e. The van der Waals surface area contributed by atoms with E-state index in [9.17, 15) is 0 Å². The number of nitriles is 1. The van der Waals surface area contributed by atoms with Crippen molar-refractivity contribution in [2.45, 2.75) is 19.8 Å². The standard InChI is InChI=1S/C16H14ClN/c1-11(2)15-7-6-14(17)9-16(15)13-5-3-4-12(8-13)10-18/h3-9,11H,1-2H3. The van der Waals surface area contributed by atoms with Crippen molar-refractivity contribution in [3.63, 3.8) is 0 Å². The molecule has 2 aromatic rings. The monoisotopic (exact) mass is 255 g/mol. The molecule has 18 heavy (non-hydrogen) atoms. The van der Waals surface area contributed by atoms with Crippen LogP contribution in [0, 0.1) is 11.3 Å². The Morgan fingerprint density at radius 2 is 1.89 bits per heavy atom. The molecule has 0 aliphatic carbocycles. The zero-order valence-electron chi connectivity index (χ0n) is 10.4. The molecule has 0 spiro atoms. The molecule has 0 heterocycles. The highest BCUT2D eigenvalue weighted by Crippen LogP contribution is 2.31. The first-order valence-electron chi connectivity index (χ1n) is 5.92. The van der Waals surface area contributed by atoms with Gasteiger partial charge in [0.05, 0.1) is 11.6 Å². The van der Waals surface area contributed by atoms with Crippen molar-refractivity contribution in [3.8, 4) is 17.2 Å². The van der Waals surface area contributed by atoms with Gasteiger partial charge in [-0.05, 0) is 46.9 Å². The lowest BCUT2D eigenvalue weighted by atomic mass is 9.92. The van der Waals surface area contributed by atoms with Crippen LogP contribution >= 0.6 is 11.6 Å². The van der Waals surface area contributed by atoms with Gasteiger partial charge in [0.15, 0.2) is 0 Å². The molecule has 0 N–H and O–H groups in total. The van der Waals surface area contributed by atoms with Crippen molar-refractivity contribution >= 4 is 11.6 Å². The first-order valence-corrected chi connectivity index (χ1v) is 6.29. The van der Waals surface area contributed by atoms with Crippen LogP contribution in [0.2, 0.25) is 5.02 Å². The molecular formula is C16H14ClN. The predicted molar refractivity (Wildman–Crippen MR) is 75.7 cm³/mol. The summed E-state index contributed by atoms with van der Waals surface area (Å²) in [4.78, 5) is 0. The Kier molecular flexibility index (Phi) is 3.69. The minimum atomic E-state index is 0.419. The van der Waals surface area contributed by atoms with Gasteiger partial charge >= 0.3 is 0 Å². The summed E-state index contributed by atoms with van der Waals surface area (Å²) in [5.41, 5.74) is 4.06. The van der Waals surface area contributed by atoms with E-state index >= 15 is 0 Å². The molecule has 0 saturated carbocycles. The fourth-order valence-electron chi connectivity index (χ4n) is 2.04. The highest BCUT2D eigenvalue weighted by molar-refractivity contribution is 6.30. The molecule has 0 bridgehead atoms. The number of nitrogens with zero attached hydrogens (tertiary/aromatic N) is 1. The smallest absolute Gasteiger partial charge is 0.0991 e. The summed E-state index contributed by atoms with van der Waals surface area (Å²) >= 11 is 6.08. The second-order valence-electron chi connectivity index (χ2n) is 4.58. The van der Waals surface area contributed by atoms with Crippen molar-refractivity contribution in [2.24, 2.45) is 0 Å². The molecule has 90 valence electrons. The number of benzene rings is 2. The average Bonchev–Trinajstić information content (AvgIpc) is 2.38. The van der Waals surface area contributed by atoms with E-state index in [0.29, 0.717) is 11.5 Å². The first kappa shape index (κ1) is 12.7. The fourth-order valence-corrected chi connectivity index (χ4v) is 2.21. The molecule has 0 aliphatic rings. The van der Waals surface area contributed by atoms with E-state index in [0.717, 1.165) is 16.1 Å². The molecular weight excluding hydrogens is 242 g/mol. The van der Waals surface area contributed by atoms with Crippen LogP contribution in [-0.2, 0) is 0 Å². The largest absolute Gasteiger partial charge is 0.192 e. The summed E-state index contributed by atoms with van der Waals surface area (Å²) in [5.74, 6) is 0.419. The Morgan fingerprint density at radius 1 is 1.11 bits per heavy atom. The molecule has 0 amide bonds. The van der Waals surface area contributed by atoms with Gasteiger partial charge in [0.25, 0.3) is 0 Å². The molecule has 1 nitrogen and oxygen atoms in total. The van der Waals surface area contributed by atoms with Crippen molar-refractivity contribution in [2.75, 3.05) is 0 Å². The molecule has 0 atom stereocenters. The van der Waals surface area contributed by atoms with Crippen LogP contribution in [0.25, 0.3) is 11.1 Å². The topological polar surface area (TPSA) is 23.8 Å². The second-order valence-corrected chi connectivity index (χ2v) is 5.02. The molecule has 0 fully saturated rings. The predicted octanol–water partition coefficient (Wildman–Crippen LogP) is 5.00. The number of rotatable bonds is 2. The van der Waals surface area contributed by atoms with Gasteiger partial charge in [-0.2, -0.15) is 5.26 Å². The van der Waals surface area contributed by atoms with Gasteiger partial charge in [0.2, 0.25) is 0 Å². The number of halogens is 1. The van der Waals surface area contributed by atoms with Crippen LogP contribution < -0.4 is 0 Å². The van der Waals surface area contributed by atoms with Gasteiger partial charge < -0.3 is 0 Å². The maximum absolute atomic E-state index is 8.97. The molecule has 2 heteroatoms. The SMILES string of the molecule is CC(C)c1ccc(Cl)cc1-c1cccc(C#N)c1. The molecule has 0 saturated heterocycles. The van der Waals surface area contributed by atoms with Gasteiger partial charge in [-0.15, -0.1) is 0 Å². The van der Waals surface area contributed by atoms with Crippen LogP contribution in [0.5, 0.6) is 0 Å². The minimum absolute atomic E-state index is 0.419. The molecule has 0 aromatic heterocycles. The average molecular weight is 256 g/mol. The van der Waals surface area contributed by atoms with Crippen molar-refractivity contribution in [3.05, 3.63) is 58.6 Å². The lowest BCUT2D eigenvalue weighted by Crippen LogP contribution is -1.92. The third-order valence-corrected chi connectivity index (χ3v) is 3.18. The normalized spacial score (nSPS) is 10.4. The Bertz CT molecular complexity index is 609. The maximum Gasteiger partial charge on any atom is 0.0991 e. The van der Waals surface area contributed by atoms with Crippen LogP contribution in [0.4, 0.5) is 0 Å². The molecule has 0 aliphatic heterocycles. The van der Waals surface area contributed by atoms with Gasteiger partial charge in [-0.1, -0.05) is 43.6 Å². The summed E-state index contributed by atoms with van der Waals surface area (Å²) in [6, 6.07) is 15.7. The Balaban J connectivity index is 2.62. The fraction of sp³-hybridized carbons (Fsp3) is 0.188. The lowest BCUT2D eigenvalue weighted by molar-refractivity contribution is 0.869. The Hall–Kier alpha value is -1.78. The van der Waals surface area contributed by atoms with Crippen LogP contribution in [-0.4, -0.2) is 0 Å². The third kappa shape index (κ3) is 2.55. The Labute approximate surface area is 113 Å². The van der Waals surface area contributed by atoms with E-state index in [4.69, 9.17) is 16.9 Å². The van der Waals surface area contributed by atoms with Gasteiger partial charge in [0.1, 0.15) is 0 Å². The van der Waals surface area contributed by atoms with E-state index in [1.165, 1.54) is 5.56 Å². The lowest BCUT2D eigenvalue weighted by Gasteiger charge is -2.13. The van der Waals surface area contributed by atoms with E-state index < -0.39 is 0 Å². The molecule has 0 radical (unpaired) electrons. The van der Waals surface area contributed by atoms with E-state index in [-0.39, 0.29) is 0 Å². The van der Waals surface area contributed by atoms with E-state index in [1.807, 2.05) is 36.4 Å². The quantitative estimate of drug-likeness (QED) is 0.741. The molecule has 2 aromatic carbocycles. The highest BCUT2D eigenvalue weighted by Gasteiger charge is 2.09. The van der Waals surface area contributed by atoms with Crippen molar-refractivity contribution in [1.82, 2.24) is 0 Å². The second kappa shape index (κ2) is 5.25. The zero-order valence-corrected chi connectivity index (χ0v) is 11.2. The summed E-state index contributed by atoms with van der Waals surface area (Å²) in [6.45, 7) is 4.31. The van der Waals surface area contributed by atoms with Gasteiger partial charge in [-0.25, -0.2) is 0 Å². The summed E-state index contributed by atoms with van der Waals surface area (Å²) in [7, 11) is 0. The number of hydrogen-bond donors (Lipinski definition) is 0. The summed E-state index contributed by atoms with van der Waals surface area (Å²) in [6.07, 6.45) is 0. The summed E-state index contributed by atoms with van der Waals surface area (Å²) in [5, 5.41) is 9.69. The van der Waals surface area contributed by atoms with Crippen LogP contribution in [0.3, 0.4) is 0 Å². The van der Waals surface area contributed by atoms with Gasteiger partial charge in [-0.3, -0.25) is 0 Å². The third-order valence-electron chi connectivity index (χ3n) is 2.94. The van der Waals surface area contributed by atoms with Crippen LogP contribution in [0.15, 0.2) is 42.5 Å². The van der Waals surface area contributed by atoms with Crippen LogP contribution in [0.1, 0.15) is 30.9 Å². The van der Waals surface area contributed by atoms with Gasteiger partial charge in [0, 0.05) is 5.02 Å². The summed E-state index contributed by atoms with van der Waals surface area (Å²) < 4.78 is 0. The zero-order chi connectivity index (χ0) is 13.1. The van der Waals surface area contributed by atoms with E-state index in [2.05, 4.69) is 26.0 Å². The van der Waals surface area contributed by atoms with Crippen molar-refractivity contribution in [1.29, 1.82) is 5.26 Å².